The van der Waals surface area contributed by atoms with E-state index in [1.54, 1.807) is 0 Å². The number of para-hydroxylation sites is 1. The van der Waals surface area contributed by atoms with Crippen molar-refractivity contribution in [2.75, 3.05) is 0 Å². The van der Waals surface area contributed by atoms with E-state index in [9.17, 15) is 5.11 Å². The summed E-state index contributed by atoms with van der Waals surface area (Å²) in [4.78, 5) is 0. The zero-order valence-corrected chi connectivity index (χ0v) is 28.8. The molecule has 0 radical (unpaired) electrons. The Labute approximate surface area is 306 Å². The van der Waals surface area contributed by atoms with E-state index in [1.807, 2.05) is 54.6 Å². The van der Waals surface area contributed by atoms with E-state index in [-0.39, 0.29) is 0 Å². The van der Waals surface area contributed by atoms with Gasteiger partial charge in [-0.05, 0) is 71.8 Å². The second-order valence-corrected chi connectivity index (χ2v) is 14.0. The number of rotatable bonds is 4. The van der Waals surface area contributed by atoms with Crippen LogP contribution >= 0.6 is 0 Å². The molecule has 1 aromatic heterocycles. The van der Waals surface area contributed by atoms with Gasteiger partial charge in [-0.15, -0.1) is 0 Å². The Balaban J connectivity index is 1.13. The maximum absolute atomic E-state index is 13.1. The van der Waals surface area contributed by atoms with Crippen molar-refractivity contribution in [1.29, 1.82) is 0 Å². The lowest BCUT2D eigenvalue weighted by Crippen LogP contribution is -2.26. The van der Waals surface area contributed by atoms with Crippen LogP contribution in [0.1, 0.15) is 16.7 Å². The zero-order valence-electron chi connectivity index (χ0n) is 28.8. The molecule has 0 unspecified atom stereocenters. The minimum Gasteiger partial charge on any atom is -0.456 e. The van der Waals surface area contributed by atoms with Gasteiger partial charge < -0.3 is 9.52 Å². The van der Waals surface area contributed by atoms with Crippen LogP contribution in [0.4, 0.5) is 0 Å². The van der Waals surface area contributed by atoms with Gasteiger partial charge in [-0.25, -0.2) is 0 Å². The van der Waals surface area contributed by atoms with E-state index in [0.717, 1.165) is 49.9 Å². The first-order valence-corrected chi connectivity index (χ1v) is 18.2. The Kier molecular flexibility index (Phi) is 6.43. The molecule has 0 spiro atoms. The van der Waals surface area contributed by atoms with E-state index in [2.05, 4.69) is 133 Å². The molecule has 0 saturated carbocycles. The van der Waals surface area contributed by atoms with Crippen LogP contribution in [0.5, 0.6) is 0 Å². The number of fused-ring (bicyclic) bond motifs is 7. The van der Waals surface area contributed by atoms with Crippen molar-refractivity contribution in [3.8, 4) is 44.7 Å². The maximum Gasteiger partial charge on any atom is 0.146 e. The third kappa shape index (κ3) is 4.24. The highest BCUT2D eigenvalue weighted by molar-refractivity contribution is 6.23. The first-order valence-electron chi connectivity index (χ1n) is 18.2. The summed E-state index contributed by atoms with van der Waals surface area (Å²) in [5, 5.41) is 21.3. The number of aliphatic hydroxyl groups is 1. The van der Waals surface area contributed by atoms with E-state index < -0.39 is 5.60 Å². The third-order valence-electron chi connectivity index (χ3n) is 11.3. The minimum absolute atomic E-state index is 0.674. The number of hydrogen-bond donors (Lipinski definition) is 1. The molecule has 2 nitrogen and oxygen atoms in total. The molecule has 1 aliphatic carbocycles. The highest BCUT2D eigenvalue weighted by Crippen LogP contribution is 2.55. The van der Waals surface area contributed by atoms with Crippen LogP contribution in [0.15, 0.2) is 192 Å². The maximum atomic E-state index is 13.1. The third-order valence-corrected chi connectivity index (χ3v) is 11.3. The van der Waals surface area contributed by atoms with Gasteiger partial charge in [0.05, 0.1) is 0 Å². The van der Waals surface area contributed by atoms with Gasteiger partial charge in [0.1, 0.15) is 16.9 Å². The lowest BCUT2D eigenvalue weighted by Gasteiger charge is -2.27. The summed E-state index contributed by atoms with van der Waals surface area (Å²) < 4.78 is 6.72. The standard InChI is InChI=1S/C51H32O2/c52-51(44-25-10-7-17-36(44)37-18-8-11-26-45(37)51)49-43-23-9-12-27-46(43)53-50(49)34-30-28-33(29-31-34)47-39-19-3-5-21-41(39)48(42-22-6-4-20-40(42)47)38-24-13-15-32-14-1-2-16-35(32)38/h1-31,52H. The fourth-order valence-corrected chi connectivity index (χ4v) is 9.05. The highest BCUT2D eigenvalue weighted by atomic mass is 16.3. The number of furan rings is 1. The van der Waals surface area contributed by atoms with Crippen molar-refractivity contribution in [3.63, 3.8) is 0 Å². The number of benzene rings is 9. The van der Waals surface area contributed by atoms with Crippen molar-refractivity contribution in [2.24, 2.45) is 0 Å². The second kappa shape index (κ2) is 11.4. The van der Waals surface area contributed by atoms with Crippen LogP contribution in [0.2, 0.25) is 0 Å². The predicted molar refractivity (Wildman–Crippen MR) is 219 cm³/mol. The lowest BCUT2D eigenvalue weighted by molar-refractivity contribution is 0.132. The SMILES string of the molecule is OC1(c2c(-c3ccc(-c4c5ccccc5c(-c5cccc6ccccc56)c5ccccc45)cc3)oc3ccccc23)c2ccccc2-c2ccccc21. The molecule has 0 atom stereocenters. The summed E-state index contributed by atoms with van der Waals surface area (Å²) in [5.74, 6) is 0.674. The van der Waals surface area contributed by atoms with E-state index in [1.165, 1.54) is 49.0 Å². The average molecular weight is 677 g/mol. The topological polar surface area (TPSA) is 33.4 Å². The van der Waals surface area contributed by atoms with Crippen molar-refractivity contribution in [3.05, 3.63) is 205 Å². The molecule has 2 heteroatoms. The van der Waals surface area contributed by atoms with Crippen LogP contribution in [0.3, 0.4) is 0 Å². The summed E-state index contributed by atoms with van der Waals surface area (Å²) >= 11 is 0. The molecule has 1 heterocycles. The molecule has 248 valence electrons. The Hall–Kier alpha value is -6.74. The van der Waals surface area contributed by atoms with Gasteiger partial charge in [-0.1, -0.05) is 182 Å². The quantitative estimate of drug-likeness (QED) is 0.188. The first kappa shape index (κ1) is 29.9. The van der Waals surface area contributed by atoms with Crippen molar-refractivity contribution >= 4 is 43.3 Å². The molecule has 10 aromatic rings. The van der Waals surface area contributed by atoms with Crippen molar-refractivity contribution in [2.45, 2.75) is 5.60 Å². The molecule has 0 aliphatic heterocycles. The van der Waals surface area contributed by atoms with Gasteiger partial charge in [0.15, 0.2) is 0 Å². The van der Waals surface area contributed by atoms with E-state index in [4.69, 9.17) is 4.42 Å². The normalized spacial score (nSPS) is 13.2. The van der Waals surface area contributed by atoms with Crippen LogP contribution < -0.4 is 0 Å². The highest BCUT2D eigenvalue weighted by Gasteiger charge is 2.46. The Bertz CT molecular complexity index is 2970. The molecule has 0 bridgehead atoms. The van der Waals surface area contributed by atoms with Gasteiger partial charge in [0.2, 0.25) is 0 Å². The van der Waals surface area contributed by atoms with Gasteiger partial charge in [-0.3, -0.25) is 0 Å². The van der Waals surface area contributed by atoms with Gasteiger partial charge in [-0.2, -0.15) is 0 Å². The summed E-state index contributed by atoms with van der Waals surface area (Å²) in [6, 6.07) is 66.0. The number of hydrogen-bond acceptors (Lipinski definition) is 2. The molecule has 11 rings (SSSR count). The summed E-state index contributed by atoms with van der Waals surface area (Å²) in [6.45, 7) is 0. The summed E-state index contributed by atoms with van der Waals surface area (Å²) in [7, 11) is 0. The molecule has 9 aromatic carbocycles. The average Bonchev–Trinajstić information content (AvgIpc) is 3.74. The second-order valence-electron chi connectivity index (χ2n) is 14.0. The molecular formula is C51H32O2. The monoisotopic (exact) mass is 676 g/mol. The molecular weight excluding hydrogens is 645 g/mol. The fourth-order valence-electron chi connectivity index (χ4n) is 9.05. The molecule has 0 saturated heterocycles. The minimum atomic E-state index is -1.39. The van der Waals surface area contributed by atoms with Crippen molar-refractivity contribution < 1.29 is 9.52 Å². The Morgan fingerprint density at radius 2 is 0.811 bits per heavy atom. The van der Waals surface area contributed by atoms with Gasteiger partial charge in [0, 0.05) is 27.6 Å². The Morgan fingerprint density at radius 3 is 1.45 bits per heavy atom. The molecule has 53 heavy (non-hydrogen) atoms. The van der Waals surface area contributed by atoms with Gasteiger partial charge in [0.25, 0.3) is 0 Å². The van der Waals surface area contributed by atoms with E-state index >= 15 is 0 Å². The van der Waals surface area contributed by atoms with Gasteiger partial charge >= 0.3 is 0 Å². The molecule has 1 N–H and O–H groups in total. The lowest BCUT2D eigenvalue weighted by atomic mass is 9.81. The molecule has 0 fully saturated rings. The smallest absolute Gasteiger partial charge is 0.146 e. The van der Waals surface area contributed by atoms with E-state index in [0.29, 0.717) is 5.76 Å². The summed E-state index contributed by atoms with van der Waals surface area (Å²) in [5.41, 5.74) is 9.69. The predicted octanol–water partition coefficient (Wildman–Crippen LogP) is 13.2. The van der Waals surface area contributed by atoms with Crippen LogP contribution in [0, 0.1) is 0 Å². The van der Waals surface area contributed by atoms with Crippen LogP contribution in [0.25, 0.3) is 88.0 Å². The zero-order chi connectivity index (χ0) is 35.1. The fraction of sp³-hybridized carbons (Fsp3) is 0.0196. The first-order chi connectivity index (χ1) is 26.2. The Morgan fingerprint density at radius 1 is 0.358 bits per heavy atom. The van der Waals surface area contributed by atoms with Crippen LogP contribution in [-0.2, 0) is 5.60 Å². The molecule has 0 amide bonds. The largest absolute Gasteiger partial charge is 0.456 e. The summed E-state index contributed by atoms with van der Waals surface area (Å²) in [6.07, 6.45) is 0. The molecule has 1 aliphatic rings. The van der Waals surface area contributed by atoms with Crippen molar-refractivity contribution in [1.82, 2.24) is 0 Å². The van der Waals surface area contributed by atoms with Crippen LogP contribution in [-0.4, -0.2) is 5.11 Å².